The van der Waals surface area contributed by atoms with E-state index in [1.807, 2.05) is 0 Å². The predicted octanol–water partition coefficient (Wildman–Crippen LogP) is 1.56. The third kappa shape index (κ3) is 4.72. The average Bonchev–Trinajstić information content (AvgIpc) is 2.43. The van der Waals surface area contributed by atoms with E-state index in [-0.39, 0.29) is 17.9 Å². The summed E-state index contributed by atoms with van der Waals surface area (Å²) in [4.78, 5) is 16.1. The van der Waals surface area contributed by atoms with Crippen LogP contribution in [0.15, 0.2) is 18.5 Å². The number of carbonyl (C=O) groups excluding carboxylic acids is 1. The van der Waals surface area contributed by atoms with Gasteiger partial charge in [0.15, 0.2) is 0 Å². The molecule has 0 aromatic carbocycles. The van der Waals surface area contributed by atoms with Crippen molar-refractivity contribution in [3.63, 3.8) is 0 Å². The van der Waals surface area contributed by atoms with E-state index in [4.69, 9.17) is 5.73 Å². The lowest BCUT2D eigenvalue weighted by molar-refractivity contribution is 0.0935. The van der Waals surface area contributed by atoms with Crippen LogP contribution in [0.3, 0.4) is 0 Å². The van der Waals surface area contributed by atoms with Crippen molar-refractivity contribution in [2.75, 3.05) is 13.1 Å². The summed E-state index contributed by atoms with van der Waals surface area (Å²) >= 11 is 0. The quantitative estimate of drug-likeness (QED) is 0.806. The third-order valence-corrected chi connectivity index (χ3v) is 3.08. The van der Waals surface area contributed by atoms with Gasteiger partial charge in [-0.2, -0.15) is 0 Å². The highest BCUT2D eigenvalue weighted by Gasteiger charge is 2.17. The van der Waals surface area contributed by atoms with Gasteiger partial charge in [0.05, 0.1) is 17.7 Å². The molecule has 0 aliphatic rings. The standard InChI is InChI=1S/C15H21N3O/c1-4-15(2,3)11-18-14(19)13-7-9-17-10-12(13)6-5-8-16/h7,9-10H,4,8,11,16H2,1-3H3,(H,18,19). The fourth-order valence-electron chi connectivity index (χ4n) is 1.38. The number of amides is 1. The molecule has 0 aliphatic heterocycles. The number of nitrogens with two attached hydrogens (primary N) is 1. The average molecular weight is 259 g/mol. The van der Waals surface area contributed by atoms with Crippen LogP contribution in [0, 0.1) is 17.3 Å². The summed E-state index contributed by atoms with van der Waals surface area (Å²) in [5.74, 6) is 5.49. The Bertz CT molecular complexity index is 498. The minimum absolute atomic E-state index is 0.0891. The van der Waals surface area contributed by atoms with Crippen molar-refractivity contribution < 1.29 is 4.79 Å². The maximum Gasteiger partial charge on any atom is 0.252 e. The number of carbonyl (C=O) groups is 1. The fraction of sp³-hybridized carbons (Fsp3) is 0.467. The fourth-order valence-corrected chi connectivity index (χ4v) is 1.38. The minimum Gasteiger partial charge on any atom is -0.351 e. The van der Waals surface area contributed by atoms with Crippen LogP contribution in [0.2, 0.25) is 0 Å². The molecule has 1 heterocycles. The molecule has 1 rings (SSSR count). The van der Waals surface area contributed by atoms with Crippen molar-refractivity contribution in [2.45, 2.75) is 27.2 Å². The van der Waals surface area contributed by atoms with Gasteiger partial charge < -0.3 is 11.1 Å². The first-order valence-electron chi connectivity index (χ1n) is 6.41. The van der Waals surface area contributed by atoms with Crippen LogP contribution < -0.4 is 11.1 Å². The molecule has 0 unspecified atom stereocenters. The van der Waals surface area contributed by atoms with Gasteiger partial charge in [0.25, 0.3) is 5.91 Å². The summed E-state index contributed by atoms with van der Waals surface area (Å²) in [5, 5.41) is 2.94. The molecule has 0 saturated carbocycles. The second-order valence-corrected chi connectivity index (χ2v) is 5.13. The molecule has 0 spiro atoms. The van der Waals surface area contributed by atoms with E-state index in [0.29, 0.717) is 17.7 Å². The van der Waals surface area contributed by atoms with Crippen LogP contribution in [0.4, 0.5) is 0 Å². The van der Waals surface area contributed by atoms with Crippen LogP contribution in [0.5, 0.6) is 0 Å². The van der Waals surface area contributed by atoms with Crippen molar-refractivity contribution in [3.8, 4) is 11.8 Å². The molecule has 0 saturated heterocycles. The molecule has 4 heteroatoms. The minimum atomic E-state index is -0.120. The van der Waals surface area contributed by atoms with Crippen molar-refractivity contribution in [3.05, 3.63) is 29.6 Å². The molecule has 0 fully saturated rings. The van der Waals surface area contributed by atoms with Gasteiger partial charge in [-0.1, -0.05) is 32.6 Å². The monoisotopic (exact) mass is 259 g/mol. The number of pyridine rings is 1. The van der Waals surface area contributed by atoms with E-state index in [9.17, 15) is 4.79 Å². The Morgan fingerprint density at radius 2 is 2.26 bits per heavy atom. The first-order chi connectivity index (χ1) is 9.00. The Hall–Kier alpha value is -1.86. The number of nitrogens with one attached hydrogen (secondary N) is 1. The molecule has 0 bridgehead atoms. The number of rotatable bonds is 4. The van der Waals surface area contributed by atoms with Crippen LogP contribution in [0.25, 0.3) is 0 Å². The van der Waals surface area contributed by atoms with Crippen molar-refractivity contribution in [2.24, 2.45) is 11.1 Å². The van der Waals surface area contributed by atoms with Crippen LogP contribution in [-0.2, 0) is 0 Å². The van der Waals surface area contributed by atoms with Gasteiger partial charge in [-0.25, -0.2) is 0 Å². The van der Waals surface area contributed by atoms with Gasteiger partial charge in [-0.15, -0.1) is 0 Å². The lowest BCUT2D eigenvalue weighted by Gasteiger charge is -2.22. The molecule has 3 N–H and O–H groups in total. The predicted molar refractivity (Wildman–Crippen MR) is 76.6 cm³/mol. The van der Waals surface area contributed by atoms with Crippen LogP contribution in [-0.4, -0.2) is 24.0 Å². The van der Waals surface area contributed by atoms with Gasteiger partial charge >= 0.3 is 0 Å². The molecule has 102 valence electrons. The largest absolute Gasteiger partial charge is 0.351 e. The lowest BCUT2D eigenvalue weighted by Crippen LogP contribution is -2.34. The topological polar surface area (TPSA) is 68.0 Å². The molecule has 19 heavy (non-hydrogen) atoms. The molecular weight excluding hydrogens is 238 g/mol. The van der Waals surface area contributed by atoms with E-state index in [1.54, 1.807) is 18.5 Å². The zero-order valence-electron chi connectivity index (χ0n) is 11.8. The van der Waals surface area contributed by atoms with Crippen LogP contribution >= 0.6 is 0 Å². The normalized spacial score (nSPS) is 10.5. The Balaban J connectivity index is 2.83. The molecule has 1 aromatic heterocycles. The van der Waals surface area contributed by atoms with Gasteiger partial charge in [-0.3, -0.25) is 9.78 Å². The highest BCUT2D eigenvalue weighted by Crippen LogP contribution is 2.18. The summed E-state index contributed by atoms with van der Waals surface area (Å²) in [5.41, 5.74) is 6.59. The van der Waals surface area contributed by atoms with E-state index >= 15 is 0 Å². The van der Waals surface area contributed by atoms with Crippen molar-refractivity contribution >= 4 is 5.91 Å². The van der Waals surface area contributed by atoms with E-state index < -0.39 is 0 Å². The lowest BCUT2D eigenvalue weighted by atomic mass is 9.90. The van der Waals surface area contributed by atoms with E-state index in [1.165, 1.54) is 0 Å². The molecule has 0 radical (unpaired) electrons. The molecule has 1 aromatic rings. The Kier molecular flexibility index (Phi) is 5.53. The smallest absolute Gasteiger partial charge is 0.252 e. The van der Waals surface area contributed by atoms with E-state index in [0.717, 1.165) is 6.42 Å². The van der Waals surface area contributed by atoms with Gasteiger partial charge in [0, 0.05) is 18.9 Å². The van der Waals surface area contributed by atoms with Crippen LogP contribution in [0.1, 0.15) is 43.1 Å². The second-order valence-electron chi connectivity index (χ2n) is 5.13. The van der Waals surface area contributed by atoms with Crippen molar-refractivity contribution in [1.29, 1.82) is 0 Å². The molecular formula is C15H21N3O. The number of aromatic nitrogens is 1. The number of hydrogen-bond donors (Lipinski definition) is 2. The highest BCUT2D eigenvalue weighted by molar-refractivity contribution is 5.96. The summed E-state index contributed by atoms with van der Waals surface area (Å²) < 4.78 is 0. The maximum atomic E-state index is 12.2. The Morgan fingerprint density at radius 1 is 1.53 bits per heavy atom. The molecule has 0 atom stereocenters. The third-order valence-electron chi connectivity index (χ3n) is 3.08. The second kappa shape index (κ2) is 6.91. The van der Waals surface area contributed by atoms with Gasteiger partial charge in [0.2, 0.25) is 0 Å². The van der Waals surface area contributed by atoms with E-state index in [2.05, 4.69) is 42.9 Å². The number of hydrogen-bond acceptors (Lipinski definition) is 3. The highest BCUT2D eigenvalue weighted by atomic mass is 16.1. The summed E-state index contributed by atoms with van der Waals surface area (Å²) in [6, 6.07) is 1.68. The first-order valence-corrected chi connectivity index (χ1v) is 6.41. The number of nitrogens with zero attached hydrogens (tertiary/aromatic N) is 1. The maximum absolute atomic E-state index is 12.2. The Labute approximate surface area is 114 Å². The van der Waals surface area contributed by atoms with Gasteiger partial charge in [0.1, 0.15) is 0 Å². The summed E-state index contributed by atoms with van der Waals surface area (Å²) in [6.07, 6.45) is 4.18. The van der Waals surface area contributed by atoms with Crippen molar-refractivity contribution in [1.82, 2.24) is 10.3 Å². The SMILES string of the molecule is CCC(C)(C)CNC(=O)c1ccncc1C#CCN. The zero-order valence-corrected chi connectivity index (χ0v) is 11.8. The molecule has 4 nitrogen and oxygen atoms in total. The van der Waals surface area contributed by atoms with Gasteiger partial charge in [-0.05, 0) is 17.9 Å². The molecule has 1 amide bonds. The Morgan fingerprint density at radius 3 is 2.89 bits per heavy atom. The molecule has 0 aliphatic carbocycles. The summed E-state index contributed by atoms with van der Waals surface area (Å²) in [6.45, 7) is 7.24. The first kappa shape index (κ1) is 15.2. The summed E-state index contributed by atoms with van der Waals surface area (Å²) in [7, 11) is 0. The zero-order chi connectivity index (χ0) is 14.3.